The van der Waals surface area contributed by atoms with Crippen LogP contribution in [0.25, 0.3) is 44.3 Å². The topological polar surface area (TPSA) is 77.4 Å². The highest BCUT2D eigenvalue weighted by Crippen LogP contribution is 2.36. The number of phenolic OH excluding ortho intramolecular Hbond substituents is 1. The lowest BCUT2D eigenvalue weighted by Gasteiger charge is -2.12. The molecule has 5 rings (SSSR count). The van der Waals surface area contributed by atoms with Crippen LogP contribution in [0.5, 0.6) is 17.5 Å². The third kappa shape index (κ3) is 3.28. The third-order valence-electron chi connectivity index (χ3n) is 5.25. The molecule has 1 aromatic heterocycles. The Kier molecular flexibility index (Phi) is 4.59. The molecule has 0 aliphatic carbocycles. The second-order valence-electron chi connectivity index (χ2n) is 7.04. The monoisotopic (exact) mass is 409 g/mol. The molecule has 0 spiro atoms. The second kappa shape index (κ2) is 7.57. The number of methoxy groups -OCH3 is 2. The van der Waals surface area contributed by atoms with Crippen molar-refractivity contribution in [2.75, 3.05) is 14.2 Å². The van der Waals surface area contributed by atoms with Gasteiger partial charge in [-0.1, -0.05) is 48.5 Å². The Balaban J connectivity index is 1.78. The number of benzene rings is 4. The fourth-order valence-corrected chi connectivity index (χ4v) is 3.76. The van der Waals surface area contributed by atoms with Gasteiger partial charge in [0, 0.05) is 11.6 Å². The number of rotatable bonds is 4. The van der Waals surface area contributed by atoms with Crippen LogP contribution in [0.2, 0.25) is 0 Å². The minimum atomic E-state index is 0.0157. The number of hydrogen-bond acceptors (Lipinski definition) is 6. The highest BCUT2D eigenvalue weighted by molar-refractivity contribution is 6.13. The van der Waals surface area contributed by atoms with Crippen molar-refractivity contribution in [1.29, 1.82) is 0 Å². The van der Waals surface area contributed by atoms with Gasteiger partial charge in [0.15, 0.2) is 11.6 Å². The van der Waals surface area contributed by atoms with Gasteiger partial charge in [-0.15, -0.1) is 0 Å². The smallest absolute Gasteiger partial charge is 0.320 e. The predicted molar refractivity (Wildman–Crippen MR) is 120 cm³/mol. The van der Waals surface area contributed by atoms with Gasteiger partial charge in [0.05, 0.1) is 19.8 Å². The largest absolute Gasteiger partial charge is 0.507 e. The van der Waals surface area contributed by atoms with Crippen molar-refractivity contribution in [3.8, 4) is 40.3 Å². The van der Waals surface area contributed by atoms with Gasteiger partial charge in [-0.2, -0.15) is 9.97 Å². The summed E-state index contributed by atoms with van der Waals surface area (Å²) in [4.78, 5) is 13.6. The van der Waals surface area contributed by atoms with Crippen LogP contribution in [0.4, 0.5) is 0 Å². The second-order valence-corrected chi connectivity index (χ2v) is 7.04. The van der Waals surface area contributed by atoms with Crippen LogP contribution in [0.15, 0.2) is 72.8 Å². The van der Waals surface area contributed by atoms with Gasteiger partial charge in [-0.3, -0.25) is 0 Å². The molecule has 1 heterocycles. The summed E-state index contributed by atoms with van der Waals surface area (Å²) in [5, 5.41) is 14.9. The minimum Gasteiger partial charge on any atom is -0.507 e. The molecule has 31 heavy (non-hydrogen) atoms. The maximum Gasteiger partial charge on any atom is 0.320 e. The quantitative estimate of drug-likeness (QED) is 0.409. The molecule has 0 atom stereocenters. The van der Waals surface area contributed by atoms with Gasteiger partial charge < -0.3 is 14.6 Å². The molecule has 0 bridgehead atoms. The zero-order valence-electron chi connectivity index (χ0n) is 17.0. The number of ether oxygens (including phenoxy) is 2. The lowest BCUT2D eigenvalue weighted by atomic mass is 9.97. The molecule has 0 saturated carbocycles. The van der Waals surface area contributed by atoms with Crippen LogP contribution < -0.4 is 9.47 Å². The van der Waals surface area contributed by atoms with E-state index in [4.69, 9.17) is 14.5 Å². The summed E-state index contributed by atoms with van der Waals surface area (Å²) in [5.74, 6) is 1.35. The van der Waals surface area contributed by atoms with E-state index < -0.39 is 0 Å². The Labute approximate surface area is 178 Å². The number of hydrogen-bond donors (Lipinski definition) is 1. The average Bonchev–Trinajstić information content (AvgIpc) is 2.83. The maximum absolute atomic E-state index is 10.5. The molecule has 6 nitrogen and oxygen atoms in total. The average molecular weight is 409 g/mol. The van der Waals surface area contributed by atoms with Gasteiger partial charge in [0.1, 0.15) is 11.5 Å². The van der Waals surface area contributed by atoms with Crippen molar-refractivity contribution < 1.29 is 14.6 Å². The number of nitrogens with zero attached hydrogens (tertiary/aromatic N) is 3. The van der Waals surface area contributed by atoms with E-state index in [2.05, 4.69) is 40.3 Å². The summed E-state index contributed by atoms with van der Waals surface area (Å²) in [6, 6.07) is 23.6. The predicted octanol–water partition coefficient (Wildman–Crippen LogP) is 5.23. The van der Waals surface area contributed by atoms with Crippen LogP contribution in [0.3, 0.4) is 0 Å². The molecule has 0 saturated heterocycles. The maximum atomic E-state index is 10.5. The van der Waals surface area contributed by atoms with Crippen LogP contribution >= 0.6 is 0 Å². The molecule has 0 radical (unpaired) electrons. The van der Waals surface area contributed by atoms with Crippen molar-refractivity contribution >= 4 is 21.5 Å². The number of aromatic hydroxyl groups is 1. The fourth-order valence-electron chi connectivity index (χ4n) is 3.76. The molecule has 5 aromatic rings. The first kappa shape index (κ1) is 18.8. The lowest BCUT2D eigenvalue weighted by molar-refractivity contribution is 0.379. The Morgan fingerprint density at radius 3 is 2.03 bits per heavy atom. The van der Waals surface area contributed by atoms with E-state index in [9.17, 15) is 5.11 Å². The van der Waals surface area contributed by atoms with E-state index in [1.165, 1.54) is 13.2 Å². The summed E-state index contributed by atoms with van der Waals surface area (Å²) in [5.41, 5.74) is 1.33. The molecule has 0 unspecified atom stereocenters. The highest BCUT2D eigenvalue weighted by atomic mass is 16.5. The Bertz CT molecular complexity index is 1430. The molecule has 0 aliphatic heterocycles. The Hall–Kier alpha value is -4.19. The molecule has 0 fully saturated rings. The summed E-state index contributed by atoms with van der Waals surface area (Å²) >= 11 is 0. The van der Waals surface area contributed by atoms with E-state index in [1.54, 1.807) is 19.2 Å². The number of aromatic nitrogens is 3. The van der Waals surface area contributed by atoms with Gasteiger partial charge in [-0.05, 0) is 39.7 Å². The fraction of sp³-hybridized carbons (Fsp3) is 0.0800. The first-order valence-corrected chi connectivity index (χ1v) is 9.76. The van der Waals surface area contributed by atoms with Crippen LogP contribution in [0, 0.1) is 0 Å². The molecule has 0 aliphatic rings. The highest BCUT2D eigenvalue weighted by Gasteiger charge is 2.17. The van der Waals surface area contributed by atoms with Crippen LogP contribution in [-0.2, 0) is 0 Å². The third-order valence-corrected chi connectivity index (χ3v) is 5.25. The van der Waals surface area contributed by atoms with Crippen LogP contribution in [0.1, 0.15) is 0 Å². The molecular formula is C25H19N3O3. The van der Waals surface area contributed by atoms with Crippen molar-refractivity contribution in [1.82, 2.24) is 15.0 Å². The molecule has 4 aromatic carbocycles. The van der Waals surface area contributed by atoms with Gasteiger partial charge in [0.25, 0.3) is 0 Å². The molecule has 0 amide bonds. The van der Waals surface area contributed by atoms with E-state index in [0.717, 1.165) is 27.1 Å². The summed E-state index contributed by atoms with van der Waals surface area (Å²) in [7, 11) is 3.05. The number of phenols is 1. The van der Waals surface area contributed by atoms with Crippen molar-refractivity contribution in [2.45, 2.75) is 0 Å². The lowest BCUT2D eigenvalue weighted by Crippen LogP contribution is -2.01. The summed E-state index contributed by atoms with van der Waals surface area (Å²) in [6.07, 6.45) is 0. The SMILES string of the molecule is COc1ccc(-c2nc(OC)nc(-c3cc4ccccc4c4ccccc34)n2)c(O)c1. The molecule has 6 heteroatoms. The van der Waals surface area contributed by atoms with Crippen LogP contribution in [-0.4, -0.2) is 34.3 Å². The molecule has 1 N–H and O–H groups in total. The Morgan fingerprint density at radius 2 is 1.32 bits per heavy atom. The number of fused-ring (bicyclic) bond motifs is 3. The first-order chi connectivity index (χ1) is 15.2. The zero-order valence-corrected chi connectivity index (χ0v) is 17.0. The van der Waals surface area contributed by atoms with Gasteiger partial charge in [0.2, 0.25) is 0 Å². The van der Waals surface area contributed by atoms with Crippen molar-refractivity contribution in [2.24, 2.45) is 0 Å². The summed E-state index contributed by atoms with van der Waals surface area (Å²) in [6.45, 7) is 0. The van der Waals surface area contributed by atoms with Gasteiger partial charge in [-0.25, -0.2) is 4.98 Å². The van der Waals surface area contributed by atoms with Crippen molar-refractivity contribution in [3.05, 3.63) is 72.8 Å². The zero-order chi connectivity index (χ0) is 21.4. The van der Waals surface area contributed by atoms with E-state index >= 15 is 0 Å². The van der Waals surface area contributed by atoms with E-state index in [1.807, 2.05) is 24.3 Å². The normalized spacial score (nSPS) is 11.0. The summed E-state index contributed by atoms with van der Waals surface area (Å²) < 4.78 is 10.5. The van der Waals surface area contributed by atoms with E-state index in [0.29, 0.717) is 23.0 Å². The van der Waals surface area contributed by atoms with Gasteiger partial charge >= 0.3 is 6.01 Å². The minimum absolute atomic E-state index is 0.0157. The first-order valence-electron chi connectivity index (χ1n) is 9.76. The molecule has 152 valence electrons. The van der Waals surface area contributed by atoms with E-state index in [-0.39, 0.29) is 11.8 Å². The Morgan fingerprint density at radius 1 is 0.645 bits per heavy atom. The molecular weight excluding hydrogens is 390 g/mol. The van der Waals surface area contributed by atoms with Crippen molar-refractivity contribution in [3.63, 3.8) is 0 Å². The standard InChI is InChI=1S/C25H19N3O3/c1-30-16-11-12-20(22(29)14-16)23-26-24(28-25(27-23)31-2)21-13-15-7-3-4-8-17(15)18-9-5-6-10-19(18)21/h3-14,29H,1-2H3.